The van der Waals surface area contributed by atoms with Crippen molar-refractivity contribution in [2.24, 2.45) is 11.8 Å². The Balaban J connectivity index is 0. The molecular weight excluding hydrogens is 528 g/mol. The van der Waals surface area contributed by atoms with Gasteiger partial charge in [0.1, 0.15) is 11.6 Å². The smallest absolute Gasteiger partial charge is 0.129 e. The molecule has 0 bridgehead atoms. The number of aliphatic hydroxyl groups is 1. The zero-order valence-corrected chi connectivity index (χ0v) is 30.2. The van der Waals surface area contributed by atoms with Gasteiger partial charge in [0.05, 0.1) is 6.10 Å². The van der Waals surface area contributed by atoms with E-state index in [0.717, 1.165) is 44.4 Å². The Bertz CT molecular complexity index is 611. The number of allylic oxidation sites excluding steroid dienone is 2. The number of Topliss-reactive ketones (excluding diaryl/α,β-unsaturated/α-hetero) is 2. The normalized spacial score (nSPS) is 13.5. The van der Waals surface area contributed by atoms with E-state index in [1.54, 1.807) is 13.8 Å². The molecule has 256 valence electrons. The molecule has 0 aromatic rings. The van der Waals surface area contributed by atoms with Gasteiger partial charge < -0.3 is 14.7 Å². The molecule has 0 aliphatic carbocycles. The molecule has 3 nitrogen and oxygen atoms in total. The van der Waals surface area contributed by atoms with Crippen molar-refractivity contribution in [3.8, 4) is 0 Å². The van der Waals surface area contributed by atoms with E-state index in [-0.39, 0.29) is 6.10 Å². The Hall–Kier alpha value is -0.960. The van der Waals surface area contributed by atoms with Gasteiger partial charge in [0.15, 0.2) is 0 Å². The molecule has 0 radical (unpaired) electrons. The van der Waals surface area contributed by atoms with Crippen molar-refractivity contribution in [1.82, 2.24) is 0 Å². The molecule has 0 amide bonds. The summed E-state index contributed by atoms with van der Waals surface area (Å²) in [6.45, 7) is 12.4. The molecule has 0 saturated heterocycles. The molecule has 0 aliphatic heterocycles. The Morgan fingerprint density at radius 3 is 1.42 bits per heavy atom. The highest BCUT2D eigenvalue weighted by molar-refractivity contribution is 5.75. The largest absolute Gasteiger partial charge is 0.393 e. The first-order valence-corrected chi connectivity index (χ1v) is 19.1. The van der Waals surface area contributed by atoms with E-state index in [2.05, 4.69) is 39.8 Å². The van der Waals surface area contributed by atoms with Gasteiger partial charge in [-0.1, -0.05) is 155 Å². The van der Waals surface area contributed by atoms with E-state index in [4.69, 9.17) is 0 Å². The van der Waals surface area contributed by atoms with Crippen LogP contribution in [0.2, 0.25) is 0 Å². The zero-order valence-electron chi connectivity index (χ0n) is 30.2. The van der Waals surface area contributed by atoms with Crippen LogP contribution >= 0.6 is 0 Å². The molecule has 3 unspecified atom stereocenters. The molecule has 0 fully saturated rings. The maximum Gasteiger partial charge on any atom is 0.129 e. The van der Waals surface area contributed by atoms with Crippen molar-refractivity contribution < 1.29 is 14.7 Å². The fourth-order valence-corrected chi connectivity index (χ4v) is 5.64. The van der Waals surface area contributed by atoms with Crippen LogP contribution in [-0.4, -0.2) is 22.8 Å². The van der Waals surface area contributed by atoms with Crippen LogP contribution in [0.1, 0.15) is 215 Å². The van der Waals surface area contributed by atoms with Crippen LogP contribution in [0.15, 0.2) is 12.2 Å². The maximum atomic E-state index is 10.8. The Kier molecular flexibility index (Phi) is 36.5. The van der Waals surface area contributed by atoms with E-state index in [1.165, 1.54) is 135 Å². The van der Waals surface area contributed by atoms with Gasteiger partial charge in [0.25, 0.3) is 0 Å². The highest BCUT2D eigenvalue weighted by Gasteiger charge is 2.13. The van der Waals surface area contributed by atoms with Crippen LogP contribution in [0.3, 0.4) is 0 Å². The van der Waals surface area contributed by atoms with Crippen molar-refractivity contribution in [3.63, 3.8) is 0 Å². The number of rotatable bonds is 31. The molecule has 0 aromatic heterocycles. The summed E-state index contributed by atoms with van der Waals surface area (Å²) in [7, 11) is 0. The summed E-state index contributed by atoms with van der Waals surface area (Å²) in [4.78, 5) is 21.6. The fourth-order valence-electron chi connectivity index (χ4n) is 5.64. The number of aliphatic hydroxyl groups excluding tert-OH is 1. The minimum absolute atomic E-state index is 0.108. The third-order valence-electron chi connectivity index (χ3n) is 8.83. The lowest BCUT2D eigenvalue weighted by Gasteiger charge is -2.18. The molecule has 0 spiro atoms. The standard InChI is InChI=1S/C20H40O2.C20H38O/c1-4-5-6-7-11-14-17-20(22)18(2)15-12-9-8-10-13-16-19(3)21;1-4-5-6-7-8-10-13-16-19(2)17-14-11-9-12-15-18-20(3)21/h18,20,22H,4-17H2,1-3H3;13,16,19H,4-12,14-15,17-18H2,1-3H3/b;16-13+. The number of hydrogen-bond donors (Lipinski definition) is 1. The monoisotopic (exact) mass is 607 g/mol. The van der Waals surface area contributed by atoms with Crippen molar-refractivity contribution in [1.29, 1.82) is 0 Å². The topological polar surface area (TPSA) is 54.4 Å². The first-order valence-electron chi connectivity index (χ1n) is 19.1. The summed E-state index contributed by atoms with van der Waals surface area (Å²) in [5, 5.41) is 10.2. The third-order valence-corrected chi connectivity index (χ3v) is 8.83. The van der Waals surface area contributed by atoms with Crippen LogP contribution in [0, 0.1) is 11.8 Å². The number of hydrogen-bond acceptors (Lipinski definition) is 3. The minimum Gasteiger partial charge on any atom is -0.393 e. The summed E-state index contributed by atoms with van der Waals surface area (Å²) < 4.78 is 0. The molecule has 1 N–H and O–H groups in total. The Labute approximate surface area is 270 Å². The molecule has 0 aliphatic rings. The number of unbranched alkanes of at least 4 members (excludes halogenated alkanes) is 18. The number of carbonyl (C=O) groups is 2. The quantitative estimate of drug-likeness (QED) is 0.0631. The highest BCUT2D eigenvalue weighted by atomic mass is 16.3. The summed E-state index contributed by atoms with van der Waals surface area (Å²) in [5.74, 6) is 1.82. The van der Waals surface area contributed by atoms with Gasteiger partial charge in [-0.2, -0.15) is 0 Å². The van der Waals surface area contributed by atoms with Gasteiger partial charge in [0, 0.05) is 12.8 Å². The average molecular weight is 607 g/mol. The Morgan fingerprint density at radius 1 is 0.535 bits per heavy atom. The van der Waals surface area contributed by atoms with E-state index in [0.29, 0.717) is 17.5 Å². The number of carbonyl (C=O) groups excluding carboxylic acids is 2. The summed E-state index contributed by atoms with van der Waals surface area (Å²) in [5.41, 5.74) is 0. The average Bonchev–Trinajstić information content (AvgIpc) is 2.97. The van der Waals surface area contributed by atoms with Gasteiger partial charge in [-0.3, -0.25) is 0 Å². The summed E-state index contributed by atoms with van der Waals surface area (Å²) in [6.07, 6.45) is 37.8. The van der Waals surface area contributed by atoms with Gasteiger partial charge in [-0.25, -0.2) is 0 Å². The molecule has 0 saturated carbocycles. The zero-order chi connectivity index (χ0) is 32.4. The SMILES string of the molecule is CCCCCCC/C=C/C(C)CCCCCCCC(C)=O.CCCCCCCCC(O)C(C)CCCCCCCC(C)=O. The van der Waals surface area contributed by atoms with Gasteiger partial charge in [-0.05, 0) is 70.6 Å². The van der Waals surface area contributed by atoms with E-state index in [9.17, 15) is 14.7 Å². The lowest BCUT2D eigenvalue weighted by Crippen LogP contribution is -2.17. The summed E-state index contributed by atoms with van der Waals surface area (Å²) in [6, 6.07) is 0. The van der Waals surface area contributed by atoms with Crippen molar-refractivity contribution in [2.45, 2.75) is 221 Å². The van der Waals surface area contributed by atoms with E-state index in [1.807, 2.05) is 0 Å². The van der Waals surface area contributed by atoms with Crippen LogP contribution < -0.4 is 0 Å². The molecule has 0 aromatic carbocycles. The van der Waals surface area contributed by atoms with Crippen LogP contribution in [-0.2, 0) is 9.59 Å². The first kappa shape index (κ1) is 44.2. The molecule has 3 heteroatoms. The van der Waals surface area contributed by atoms with Crippen LogP contribution in [0.4, 0.5) is 0 Å². The molecular formula is C40H78O3. The lowest BCUT2D eigenvalue weighted by atomic mass is 9.93. The maximum absolute atomic E-state index is 10.8. The van der Waals surface area contributed by atoms with Crippen LogP contribution in [0.5, 0.6) is 0 Å². The molecule has 3 atom stereocenters. The number of ketones is 2. The second kappa shape index (κ2) is 35.5. The van der Waals surface area contributed by atoms with Gasteiger partial charge in [-0.15, -0.1) is 0 Å². The molecule has 43 heavy (non-hydrogen) atoms. The van der Waals surface area contributed by atoms with Gasteiger partial charge in [0.2, 0.25) is 0 Å². The minimum atomic E-state index is -0.108. The van der Waals surface area contributed by atoms with E-state index < -0.39 is 0 Å². The second-order valence-electron chi connectivity index (χ2n) is 13.7. The second-order valence-corrected chi connectivity index (χ2v) is 13.7. The van der Waals surface area contributed by atoms with E-state index >= 15 is 0 Å². The van der Waals surface area contributed by atoms with Crippen molar-refractivity contribution in [3.05, 3.63) is 12.2 Å². The van der Waals surface area contributed by atoms with Crippen molar-refractivity contribution in [2.75, 3.05) is 0 Å². The highest BCUT2D eigenvalue weighted by Crippen LogP contribution is 2.19. The van der Waals surface area contributed by atoms with Gasteiger partial charge >= 0.3 is 0 Å². The van der Waals surface area contributed by atoms with Crippen molar-refractivity contribution >= 4 is 11.6 Å². The fraction of sp³-hybridized carbons (Fsp3) is 0.900. The first-order chi connectivity index (χ1) is 20.7. The summed E-state index contributed by atoms with van der Waals surface area (Å²) >= 11 is 0. The predicted molar refractivity (Wildman–Crippen MR) is 191 cm³/mol. The molecule has 0 heterocycles. The lowest BCUT2D eigenvalue weighted by molar-refractivity contribution is -0.117. The predicted octanol–water partition coefficient (Wildman–Crippen LogP) is 12.9. The Morgan fingerprint density at radius 2 is 0.930 bits per heavy atom. The van der Waals surface area contributed by atoms with Crippen LogP contribution in [0.25, 0.3) is 0 Å². The third kappa shape index (κ3) is 39.0. The molecule has 0 rings (SSSR count).